The van der Waals surface area contributed by atoms with Gasteiger partial charge in [0.2, 0.25) is 0 Å². The molecule has 0 aromatic heterocycles. The summed E-state index contributed by atoms with van der Waals surface area (Å²) in [5, 5.41) is 17.9. The second-order valence-electron chi connectivity index (χ2n) is 4.24. The smallest absolute Gasteiger partial charge is 0.320 e. The van der Waals surface area contributed by atoms with Gasteiger partial charge in [0.1, 0.15) is 6.04 Å². The summed E-state index contributed by atoms with van der Waals surface area (Å²) in [6.45, 7) is 0. The van der Waals surface area contributed by atoms with E-state index >= 15 is 0 Å². The van der Waals surface area contributed by atoms with Crippen LogP contribution in [-0.2, 0) is 9.59 Å². The van der Waals surface area contributed by atoms with Crippen molar-refractivity contribution in [3.8, 4) is 0 Å². The van der Waals surface area contributed by atoms with Gasteiger partial charge in [-0.15, -0.1) is 12.4 Å². The van der Waals surface area contributed by atoms with Crippen LogP contribution in [0.25, 0.3) is 0 Å². The van der Waals surface area contributed by atoms with Gasteiger partial charge in [-0.25, -0.2) is 0 Å². The molecule has 0 spiro atoms. The molecule has 0 aliphatic heterocycles. The Labute approximate surface area is 110 Å². The lowest BCUT2D eigenvalue weighted by atomic mass is 10.1. The van der Waals surface area contributed by atoms with Crippen molar-refractivity contribution < 1.29 is 19.8 Å². The average molecular weight is 272 g/mol. The van der Waals surface area contributed by atoms with Crippen molar-refractivity contribution in [3.05, 3.63) is 35.9 Å². The average Bonchev–Trinajstić information content (AvgIpc) is 3.04. The standard InChI is InChI=1S/C12H13NO4.ClH/c13-10(12(16)17)8-7(9(8)11(14)15)6-4-2-1-3-5-6;/h1-5,7-10H,13H2,(H,14,15)(H,16,17);1H/t7-,8-,9+,10+;/m0./s1. The Kier molecular flexibility index (Phi) is 4.32. The summed E-state index contributed by atoms with van der Waals surface area (Å²) in [4.78, 5) is 21.8. The Morgan fingerprint density at radius 2 is 1.72 bits per heavy atom. The number of benzene rings is 1. The van der Waals surface area contributed by atoms with E-state index in [0.717, 1.165) is 5.56 Å². The molecule has 1 aromatic rings. The summed E-state index contributed by atoms with van der Waals surface area (Å²) < 4.78 is 0. The summed E-state index contributed by atoms with van der Waals surface area (Å²) >= 11 is 0. The van der Waals surface area contributed by atoms with E-state index in [1.807, 2.05) is 6.07 Å². The Morgan fingerprint density at radius 1 is 1.17 bits per heavy atom. The van der Waals surface area contributed by atoms with Crippen LogP contribution in [0.5, 0.6) is 0 Å². The van der Waals surface area contributed by atoms with Crippen molar-refractivity contribution in [2.45, 2.75) is 12.0 Å². The first kappa shape index (κ1) is 14.5. The Balaban J connectivity index is 0.00000162. The SMILES string of the molecule is Cl.N[C@@H](C(=O)O)[C@@H]1[C@H](C(=O)O)[C@H]1c1ccccc1. The number of hydrogen-bond donors (Lipinski definition) is 3. The number of nitrogens with two attached hydrogens (primary N) is 1. The van der Waals surface area contributed by atoms with Crippen LogP contribution < -0.4 is 5.73 Å². The third-order valence-corrected chi connectivity index (χ3v) is 3.24. The van der Waals surface area contributed by atoms with Crippen LogP contribution >= 0.6 is 12.4 Å². The molecule has 2 rings (SSSR count). The molecule has 0 saturated heterocycles. The minimum absolute atomic E-state index is 0. The van der Waals surface area contributed by atoms with Crippen LogP contribution in [0.2, 0.25) is 0 Å². The molecule has 0 unspecified atom stereocenters. The fourth-order valence-corrected chi connectivity index (χ4v) is 2.37. The molecule has 18 heavy (non-hydrogen) atoms. The van der Waals surface area contributed by atoms with Crippen molar-refractivity contribution in [1.82, 2.24) is 0 Å². The molecule has 0 amide bonds. The number of rotatable bonds is 4. The lowest BCUT2D eigenvalue weighted by Gasteiger charge is -2.04. The molecular formula is C12H14ClNO4. The number of halogens is 1. The zero-order valence-corrected chi connectivity index (χ0v) is 10.2. The molecule has 6 heteroatoms. The second-order valence-corrected chi connectivity index (χ2v) is 4.24. The molecular weight excluding hydrogens is 258 g/mol. The van der Waals surface area contributed by atoms with Gasteiger partial charge in [0.25, 0.3) is 0 Å². The van der Waals surface area contributed by atoms with Gasteiger partial charge in [0, 0.05) is 11.8 Å². The summed E-state index contributed by atoms with van der Waals surface area (Å²) in [5.41, 5.74) is 6.35. The maximum Gasteiger partial charge on any atom is 0.320 e. The first-order valence-corrected chi connectivity index (χ1v) is 5.30. The largest absolute Gasteiger partial charge is 0.481 e. The first-order valence-electron chi connectivity index (χ1n) is 5.30. The Hall–Kier alpha value is -1.59. The lowest BCUT2D eigenvalue weighted by molar-refractivity contribution is -0.140. The van der Waals surface area contributed by atoms with Crippen molar-refractivity contribution in [1.29, 1.82) is 0 Å². The van der Waals surface area contributed by atoms with Crippen molar-refractivity contribution in [2.75, 3.05) is 0 Å². The van der Waals surface area contributed by atoms with E-state index in [9.17, 15) is 9.59 Å². The van der Waals surface area contributed by atoms with Crippen LogP contribution in [0, 0.1) is 11.8 Å². The fourth-order valence-electron chi connectivity index (χ4n) is 2.37. The molecule has 1 aromatic carbocycles. The third kappa shape index (κ3) is 2.47. The quantitative estimate of drug-likeness (QED) is 0.756. The highest BCUT2D eigenvalue weighted by molar-refractivity contribution is 5.85. The fraction of sp³-hybridized carbons (Fsp3) is 0.333. The molecule has 1 saturated carbocycles. The van der Waals surface area contributed by atoms with Crippen molar-refractivity contribution in [2.24, 2.45) is 17.6 Å². The van der Waals surface area contributed by atoms with Gasteiger partial charge < -0.3 is 15.9 Å². The number of aliphatic carboxylic acids is 2. The summed E-state index contributed by atoms with van der Waals surface area (Å²) in [6, 6.07) is 7.91. The molecule has 0 radical (unpaired) electrons. The Bertz CT molecular complexity index is 451. The zero-order chi connectivity index (χ0) is 12.6. The van der Waals surface area contributed by atoms with E-state index in [2.05, 4.69) is 0 Å². The number of hydrogen-bond acceptors (Lipinski definition) is 3. The lowest BCUT2D eigenvalue weighted by Crippen LogP contribution is -2.33. The highest BCUT2D eigenvalue weighted by Crippen LogP contribution is 2.55. The molecule has 1 fully saturated rings. The van der Waals surface area contributed by atoms with Crippen LogP contribution in [-0.4, -0.2) is 28.2 Å². The number of carbonyl (C=O) groups is 2. The van der Waals surface area contributed by atoms with E-state index in [1.54, 1.807) is 24.3 Å². The molecule has 1 aliphatic carbocycles. The summed E-state index contributed by atoms with van der Waals surface area (Å²) in [7, 11) is 0. The highest BCUT2D eigenvalue weighted by atomic mass is 35.5. The van der Waals surface area contributed by atoms with Crippen LogP contribution in [0.1, 0.15) is 11.5 Å². The molecule has 4 atom stereocenters. The van der Waals surface area contributed by atoms with E-state index in [1.165, 1.54) is 0 Å². The molecule has 0 heterocycles. The first-order chi connectivity index (χ1) is 8.04. The van der Waals surface area contributed by atoms with Gasteiger partial charge >= 0.3 is 11.9 Å². The van der Waals surface area contributed by atoms with Crippen LogP contribution in [0.15, 0.2) is 30.3 Å². The summed E-state index contributed by atoms with van der Waals surface area (Å²) in [5.74, 6) is -3.64. The molecule has 5 nitrogen and oxygen atoms in total. The highest BCUT2D eigenvalue weighted by Gasteiger charge is 2.59. The van der Waals surface area contributed by atoms with Gasteiger partial charge in [0.05, 0.1) is 5.92 Å². The van der Waals surface area contributed by atoms with E-state index in [0.29, 0.717) is 0 Å². The number of carboxylic acid groups (broad SMARTS) is 2. The van der Waals surface area contributed by atoms with E-state index in [4.69, 9.17) is 15.9 Å². The van der Waals surface area contributed by atoms with Crippen molar-refractivity contribution in [3.63, 3.8) is 0 Å². The van der Waals surface area contributed by atoms with Gasteiger partial charge in [-0.05, 0) is 5.56 Å². The monoisotopic (exact) mass is 271 g/mol. The minimum Gasteiger partial charge on any atom is -0.481 e. The normalized spacial score (nSPS) is 26.8. The number of carboxylic acids is 2. The van der Waals surface area contributed by atoms with E-state index < -0.39 is 29.8 Å². The molecule has 0 bridgehead atoms. The van der Waals surface area contributed by atoms with Crippen molar-refractivity contribution >= 4 is 24.3 Å². The van der Waals surface area contributed by atoms with Gasteiger partial charge in [0.15, 0.2) is 0 Å². The van der Waals surface area contributed by atoms with Gasteiger partial charge in [-0.2, -0.15) is 0 Å². The minimum atomic E-state index is -1.15. The van der Waals surface area contributed by atoms with Gasteiger partial charge in [-0.3, -0.25) is 9.59 Å². The Morgan fingerprint density at radius 3 is 2.17 bits per heavy atom. The summed E-state index contributed by atoms with van der Waals surface area (Å²) in [6.07, 6.45) is 0. The predicted molar refractivity (Wildman–Crippen MR) is 66.7 cm³/mol. The second kappa shape index (κ2) is 5.37. The maximum atomic E-state index is 11.0. The van der Waals surface area contributed by atoms with Gasteiger partial charge in [-0.1, -0.05) is 30.3 Å². The third-order valence-electron chi connectivity index (χ3n) is 3.24. The van der Waals surface area contributed by atoms with Crippen LogP contribution in [0.4, 0.5) is 0 Å². The molecule has 4 N–H and O–H groups in total. The predicted octanol–water partition coefficient (Wildman–Crippen LogP) is 0.934. The zero-order valence-electron chi connectivity index (χ0n) is 9.39. The topological polar surface area (TPSA) is 101 Å². The molecule has 1 aliphatic rings. The maximum absolute atomic E-state index is 11.0. The van der Waals surface area contributed by atoms with E-state index in [-0.39, 0.29) is 18.3 Å². The molecule has 98 valence electrons. The van der Waals surface area contributed by atoms with Crippen LogP contribution in [0.3, 0.4) is 0 Å².